The van der Waals surface area contributed by atoms with E-state index in [2.05, 4.69) is 5.32 Å². The van der Waals surface area contributed by atoms with E-state index in [-0.39, 0.29) is 17.0 Å². The summed E-state index contributed by atoms with van der Waals surface area (Å²) in [6, 6.07) is 5.66. The van der Waals surface area contributed by atoms with Gasteiger partial charge >= 0.3 is 5.76 Å². The lowest BCUT2D eigenvalue weighted by atomic mass is 9.95. The van der Waals surface area contributed by atoms with Gasteiger partial charge in [0.1, 0.15) is 0 Å². The molecule has 3 atom stereocenters. The number of sulfone groups is 1. The molecular formula is C13H15F2NO3S. The fourth-order valence-corrected chi connectivity index (χ4v) is 3.57. The highest BCUT2D eigenvalue weighted by molar-refractivity contribution is 7.91. The quantitative estimate of drug-likeness (QED) is 0.928. The summed E-state index contributed by atoms with van der Waals surface area (Å²) in [4.78, 5) is -0.359. The largest absolute Gasteiger partial charge is 0.380 e. The topological polar surface area (TPSA) is 55.4 Å². The molecule has 0 aromatic heterocycles. The highest BCUT2D eigenvalue weighted by Gasteiger charge is 2.40. The van der Waals surface area contributed by atoms with E-state index in [1.54, 1.807) is 0 Å². The molecule has 20 heavy (non-hydrogen) atoms. The van der Waals surface area contributed by atoms with Crippen LogP contribution in [0.5, 0.6) is 0 Å². The van der Waals surface area contributed by atoms with Gasteiger partial charge in [-0.05, 0) is 43.5 Å². The Morgan fingerprint density at radius 1 is 1.20 bits per heavy atom. The smallest absolute Gasteiger partial charge is 0.341 e. The van der Waals surface area contributed by atoms with Gasteiger partial charge in [0, 0.05) is 5.69 Å². The van der Waals surface area contributed by atoms with E-state index in [0.29, 0.717) is 6.10 Å². The molecule has 3 unspecified atom stereocenters. The summed E-state index contributed by atoms with van der Waals surface area (Å²) >= 11 is 0. The molecule has 2 bridgehead atoms. The minimum Gasteiger partial charge on any atom is -0.380 e. The van der Waals surface area contributed by atoms with Gasteiger partial charge in [-0.25, -0.2) is 8.42 Å². The van der Waals surface area contributed by atoms with Crippen LogP contribution in [0.15, 0.2) is 29.2 Å². The van der Waals surface area contributed by atoms with Crippen molar-refractivity contribution in [3.8, 4) is 0 Å². The number of ether oxygens (including phenoxy) is 1. The zero-order chi connectivity index (χ0) is 14.3. The molecule has 0 amide bonds. The molecule has 0 aliphatic carbocycles. The summed E-state index contributed by atoms with van der Waals surface area (Å²) in [5, 5.41) is 3.27. The Morgan fingerprint density at radius 3 is 2.40 bits per heavy atom. The predicted molar refractivity (Wildman–Crippen MR) is 69.6 cm³/mol. The van der Waals surface area contributed by atoms with Crippen molar-refractivity contribution in [2.45, 2.75) is 48.2 Å². The van der Waals surface area contributed by atoms with E-state index in [4.69, 9.17) is 4.74 Å². The van der Waals surface area contributed by atoms with Gasteiger partial charge in [-0.2, -0.15) is 8.78 Å². The lowest BCUT2D eigenvalue weighted by Gasteiger charge is -2.21. The van der Waals surface area contributed by atoms with Crippen LogP contribution in [0, 0.1) is 0 Å². The number of halogens is 2. The Kier molecular flexibility index (Phi) is 3.41. The molecule has 0 radical (unpaired) electrons. The molecular weight excluding hydrogens is 288 g/mol. The standard InChI is InChI=1S/C13H15F2NO3S/c14-13(15)20(17,18)10-4-1-8(2-5-10)16-11-7-9-3-6-12(11)19-9/h1-2,4-5,9,11-13,16H,3,6-7H2. The Morgan fingerprint density at radius 2 is 1.90 bits per heavy atom. The number of anilines is 1. The van der Waals surface area contributed by atoms with Gasteiger partial charge in [0.05, 0.1) is 23.1 Å². The zero-order valence-electron chi connectivity index (χ0n) is 10.6. The van der Waals surface area contributed by atoms with Crippen molar-refractivity contribution in [2.24, 2.45) is 0 Å². The average Bonchev–Trinajstić information content (AvgIpc) is 3.01. The highest BCUT2D eigenvalue weighted by Crippen LogP contribution is 2.36. The highest BCUT2D eigenvalue weighted by atomic mass is 32.2. The van der Waals surface area contributed by atoms with Gasteiger partial charge in [-0.15, -0.1) is 0 Å². The zero-order valence-corrected chi connectivity index (χ0v) is 11.4. The Hall–Kier alpha value is -1.21. The molecule has 2 heterocycles. The number of alkyl halides is 2. The van der Waals surface area contributed by atoms with Crippen LogP contribution >= 0.6 is 0 Å². The van der Waals surface area contributed by atoms with E-state index in [0.717, 1.165) is 24.9 Å². The van der Waals surface area contributed by atoms with E-state index < -0.39 is 15.6 Å². The second-order valence-corrected chi connectivity index (χ2v) is 7.11. The van der Waals surface area contributed by atoms with E-state index in [1.165, 1.54) is 24.3 Å². The normalized spacial score (nSPS) is 29.1. The van der Waals surface area contributed by atoms with Crippen molar-refractivity contribution in [2.75, 3.05) is 5.32 Å². The number of fused-ring (bicyclic) bond motifs is 2. The fourth-order valence-electron chi connectivity index (χ4n) is 2.85. The molecule has 4 nitrogen and oxygen atoms in total. The summed E-state index contributed by atoms with van der Waals surface area (Å²) < 4.78 is 53.1. The van der Waals surface area contributed by atoms with Crippen LogP contribution in [0.2, 0.25) is 0 Å². The van der Waals surface area contributed by atoms with E-state index in [9.17, 15) is 17.2 Å². The third kappa shape index (κ3) is 2.40. The van der Waals surface area contributed by atoms with Crippen LogP contribution in [-0.4, -0.2) is 32.4 Å². The van der Waals surface area contributed by atoms with Crippen LogP contribution < -0.4 is 5.32 Å². The molecule has 7 heteroatoms. The number of benzene rings is 1. The minimum atomic E-state index is -4.52. The molecule has 1 N–H and O–H groups in total. The number of rotatable bonds is 4. The van der Waals surface area contributed by atoms with Crippen molar-refractivity contribution in [1.82, 2.24) is 0 Å². The van der Waals surface area contributed by atoms with Crippen molar-refractivity contribution < 1.29 is 21.9 Å². The lowest BCUT2D eigenvalue weighted by molar-refractivity contribution is 0.102. The van der Waals surface area contributed by atoms with Gasteiger partial charge in [0.2, 0.25) is 9.84 Å². The van der Waals surface area contributed by atoms with Crippen molar-refractivity contribution in [3.63, 3.8) is 0 Å². The predicted octanol–water partition coefficient (Wildman–Crippen LogP) is 2.41. The summed E-state index contributed by atoms with van der Waals surface area (Å²) in [5.74, 6) is -3.39. The second-order valence-electron chi connectivity index (χ2n) is 5.19. The van der Waals surface area contributed by atoms with Crippen molar-refractivity contribution in [3.05, 3.63) is 24.3 Å². The number of hydrogen-bond donors (Lipinski definition) is 1. The fraction of sp³-hybridized carbons (Fsp3) is 0.538. The maximum Gasteiger partial charge on any atom is 0.341 e. The third-order valence-electron chi connectivity index (χ3n) is 3.88. The molecule has 2 saturated heterocycles. The van der Waals surface area contributed by atoms with Crippen LogP contribution in [0.3, 0.4) is 0 Å². The second kappa shape index (κ2) is 4.96. The molecule has 2 aliphatic rings. The monoisotopic (exact) mass is 303 g/mol. The van der Waals surface area contributed by atoms with E-state index in [1.807, 2.05) is 0 Å². The minimum absolute atomic E-state index is 0.199. The first-order valence-corrected chi connectivity index (χ1v) is 8.05. The van der Waals surface area contributed by atoms with Gasteiger partial charge in [-0.1, -0.05) is 0 Å². The Bertz CT molecular complexity index is 588. The maximum atomic E-state index is 12.4. The van der Waals surface area contributed by atoms with Gasteiger partial charge in [-0.3, -0.25) is 0 Å². The Balaban J connectivity index is 1.71. The van der Waals surface area contributed by atoms with E-state index >= 15 is 0 Å². The van der Waals surface area contributed by atoms with Crippen LogP contribution in [-0.2, 0) is 14.6 Å². The molecule has 2 aliphatic heterocycles. The van der Waals surface area contributed by atoms with Crippen molar-refractivity contribution >= 4 is 15.5 Å². The molecule has 1 aromatic carbocycles. The van der Waals surface area contributed by atoms with Crippen LogP contribution in [0.4, 0.5) is 14.5 Å². The van der Waals surface area contributed by atoms with Gasteiger partial charge < -0.3 is 10.1 Å². The third-order valence-corrected chi connectivity index (χ3v) is 5.27. The summed E-state index contributed by atoms with van der Waals surface area (Å²) in [5.41, 5.74) is 0.722. The summed E-state index contributed by atoms with van der Waals surface area (Å²) in [6.45, 7) is 0. The molecule has 3 rings (SSSR count). The maximum absolute atomic E-state index is 12.4. The molecule has 1 aromatic rings. The number of hydrogen-bond acceptors (Lipinski definition) is 4. The van der Waals surface area contributed by atoms with Crippen LogP contribution in [0.1, 0.15) is 19.3 Å². The molecule has 0 spiro atoms. The Labute approximate surface area is 116 Å². The first-order chi connectivity index (χ1) is 9.46. The van der Waals surface area contributed by atoms with Crippen LogP contribution in [0.25, 0.3) is 0 Å². The molecule has 0 saturated carbocycles. The molecule has 110 valence electrons. The SMILES string of the molecule is O=S(=O)(c1ccc(NC2CC3CCC2O3)cc1)C(F)F. The van der Waals surface area contributed by atoms with Gasteiger partial charge in [0.15, 0.2) is 0 Å². The van der Waals surface area contributed by atoms with Gasteiger partial charge in [0.25, 0.3) is 0 Å². The first-order valence-electron chi connectivity index (χ1n) is 6.51. The lowest BCUT2D eigenvalue weighted by Crippen LogP contribution is -2.30. The summed E-state index contributed by atoms with van der Waals surface area (Å²) in [6.07, 6.45) is 3.57. The number of nitrogens with one attached hydrogen (secondary N) is 1. The molecule has 2 fully saturated rings. The average molecular weight is 303 g/mol. The van der Waals surface area contributed by atoms with Crippen molar-refractivity contribution in [1.29, 1.82) is 0 Å². The summed E-state index contributed by atoms with van der Waals surface area (Å²) in [7, 11) is -4.52. The first kappa shape index (κ1) is 13.8.